The third-order valence-electron chi connectivity index (χ3n) is 33.4. The molecule has 10 saturated heterocycles. The van der Waals surface area contributed by atoms with E-state index >= 15 is 0 Å². The fraction of sp³-hybridized carbons (Fsp3) is 0.589. The Morgan fingerprint density at radius 3 is 0.772 bits per heavy atom. The van der Waals surface area contributed by atoms with Crippen molar-refractivity contribution < 1.29 is 5.11 Å². The minimum absolute atomic E-state index is 0.196. The van der Waals surface area contributed by atoms with Gasteiger partial charge >= 0.3 is 0 Å². The first-order valence-electron chi connectivity index (χ1n) is 54.6. The van der Waals surface area contributed by atoms with Crippen LogP contribution in [-0.4, -0.2) is 401 Å². The van der Waals surface area contributed by atoms with Crippen molar-refractivity contribution in [1.29, 1.82) is 0 Å². The Hall–Kier alpha value is -8.68. The summed E-state index contributed by atoms with van der Waals surface area (Å²) in [7, 11) is 8.88. The van der Waals surface area contributed by atoms with Gasteiger partial charge in [0.05, 0.1) is 38.7 Å². The molecule has 6 aromatic carbocycles. The number of hydrogen-bond acceptors (Lipinski definition) is 31. The maximum absolute atomic E-state index is 9.86. The summed E-state index contributed by atoms with van der Waals surface area (Å²) in [5, 5.41) is 56.0. The molecule has 37 heteroatoms. The molecular formula is C112H160Cl6N30O. The van der Waals surface area contributed by atoms with Crippen molar-refractivity contribution in [1.82, 2.24) is 73.5 Å². The Bertz CT molecular complexity index is 5620. The lowest BCUT2D eigenvalue weighted by atomic mass is 9.92. The number of likely N-dealkylation sites (N-methyl/N-ethyl adjacent to an activating group) is 4. The smallest absolute Gasteiger partial charge is 0.135 e. The molecule has 6 aromatic rings. The molecule has 806 valence electrons. The van der Waals surface area contributed by atoms with Crippen LogP contribution < -0.4 is 28.7 Å². The van der Waals surface area contributed by atoms with E-state index < -0.39 is 0 Å². The summed E-state index contributed by atoms with van der Waals surface area (Å²) in [5.41, 5.74) is 37.1. The van der Waals surface area contributed by atoms with E-state index in [4.69, 9.17) is 98.3 Å². The number of likely N-dealkylation sites (tertiary alicyclic amines) is 5. The highest BCUT2D eigenvalue weighted by atomic mass is 35.5. The first-order chi connectivity index (χ1) is 72.0. The second-order valence-electron chi connectivity index (χ2n) is 44.4. The van der Waals surface area contributed by atoms with Crippen LogP contribution in [0.25, 0.3) is 0 Å². The summed E-state index contributed by atoms with van der Waals surface area (Å²) in [4.78, 5) is 38.1. The van der Waals surface area contributed by atoms with Gasteiger partial charge in [-0.25, -0.2) is 0 Å². The third-order valence-corrected chi connectivity index (χ3v) is 34.9. The highest BCUT2D eigenvalue weighted by molar-refractivity contribution is 6.32. The molecule has 21 rings (SSSR count). The SMILES string of the molecule is CC(C)CN1CCN(C2CCN(C3=NN=C(N)C3)CC2)[C@@H](Cc2ccc(Cl)cc2)C1.CN1CCN(C2CCN(C3=NN=C(N)C3)CC2)[C@@H](Cc2ccc(Cl)cc2)C1.CN1C[C@H](Cc2ccc(Cl)cc2)N(C2CCN(C3=NN=C(N)C3)CC2)C[C@@H]1CO.CN1C[C@H](Cc2ccc(Cl)cc2)N(C2CCN(C3=NN=C(N)C3)CC2)C[C@@H]1Cc1ccc(Cl)cc1.C[C@H]1CN(C2CCN(C3=NN=C(N)C3)CC2)[C@@H](Cc2ccc(Cl)cc2)CN1C. The second-order valence-corrected chi connectivity index (χ2v) is 47.0. The fourth-order valence-electron chi connectivity index (χ4n) is 25.0. The summed E-state index contributed by atoms with van der Waals surface area (Å²) in [6, 6.07) is 56.8. The van der Waals surface area contributed by atoms with Crippen LogP contribution in [0.4, 0.5) is 0 Å². The van der Waals surface area contributed by atoms with Crippen LogP contribution in [0.2, 0.25) is 30.1 Å². The Kier molecular flexibility index (Phi) is 40.0. The van der Waals surface area contributed by atoms with Gasteiger partial charge in [-0.3, -0.25) is 29.4 Å². The van der Waals surface area contributed by atoms with Crippen molar-refractivity contribution in [2.45, 2.75) is 234 Å². The van der Waals surface area contributed by atoms with E-state index in [1.165, 1.54) is 85.0 Å². The molecule has 0 amide bonds. The zero-order valence-corrected chi connectivity index (χ0v) is 93.1. The predicted molar refractivity (Wildman–Crippen MR) is 616 cm³/mol. The molecule has 0 saturated carbocycles. The average Bonchev–Trinajstić information content (AvgIpc) is 1.10. The molecule has 0 radical (unpaired) electrons. The largest absolute Gasteiger partial charge is 0.395 e. The Labute approximate surface area is 914 Å². The minimum Gasteiger partial charge on any atom is -0.395 e. The van der Waals surface area contributed by atoms with Gasteiger partial charge < -0.3 is 77.9 Å². The third kappa shape index (κ3) is 31.2. The standard InChI is InChI=1S/C27H34Cl2N6.C23H35ClN6.C21H31ClN6O.C21H31ClN6.C20H29ClN6/c1-33-17-25(15-20-4-8-22(29)9-5-20)35(18-24(33)14-19-2-6-21(28)7-3-19)23-10-12-34(13-11-23)27-16-26(30)31-32-27;1-17(2)15-28-11-12-30(21(16-28)13-18-3-5-19(24)6-4-18)20-7-9-29(10-8-20)23-14-22(25)26-27-23;1-26-12-18(10-15-2-4-16(22)5-3-15)28(13-19(26)14-29)17-6-8-27(9-7-17)21-11-20(23)24-25-21;1-15-13-28(18-7-9-27(10-8-18)21-12-20(23)24-25-21)19(14-26(15)2)11-16-3-5-17(22)6-4-16;1-25-10-11-27(18(14-25)12-15-2-4-16(21)5-3-15)17-6-8-26(9-7-17)20-13-19(22)23-24-20/h2-9,23-25H,10-18H2,1H3,(H2,30,31);3-6,17,20-21H,7-16H2,1-2H3,(H2,25,26);2-5,17-19,29H,6-14H2,1H3,(H2,23,24);3-6,15,18-19H,7-14H2,1-2H3,(H2,23,24);2-5,17-18H,6-14H2,1H3,(H2,22,23)/t24-,25-;21-;18-,19+;15-,19-;18-/m00000/s1. The van der Waals surface area contributed by atoms with Crippen molar-refractivity contribution in [3.8, 4) is 0 Å². The Morgan fingerprint density at radius 1 is 0.268 bits per heavy atom. The lowest BCUT2D eigenvalue weighted by Gasteiger charge is -2.50. The molecule has 15 heterocycles. The van der Waals surface area contributed by atoms with Crippen molar-refractivity contribution >= 4 is 128 Å². The quantitative estimate of drug-likeness (QED) is 0.0413. The monoisotopic (exact) mass is 2150 g/mol. The van der Waals surface area contributed by atoms with Crippen LogP contribution in [0, 0.1) is 5.92 Å². The van der Waals surface area contributed by atoms with Gasteiger partial charge in [0.15, 0.2) is 0 Å². The molecule has 0 bridgehead atoms. The van der Waals surface area contributed by atoms with Gasteiger partial charge in [0.25, 0.3) is 0 Å². The van der Waals surface area contributed by atoms with Gasteiger partial charge in [-0.2, -0.15) is 0 Å². The number of rotatable bonds is 20. The molecule has 11 N–H and O–H groups in total. The highest BCUT2D eigenvalue weighted by Crippen LogP contribution is 2.36. The number of aliphatic hydroxyl groups is 1. The second kappa shape index (κ2) is 53.4. The molecule has 31 nitrogen and oxygen atoms in total. The normalized spacial score (nSPS) is 25.8. The molecule has 149 heavy (non-hydrogen) atoms. The molecule has 10 fully saturated rings. The predicted octanol–water partition coefficient (Wildman–Crippen LogP) is 13.2. The molecular weight excluding hydrogens is 1990 g/mol. The topological polar surface area (TPSA) is 323 Å². The number of amidine groups is 10. The molecule has 15 aliphatic heterocycles. The van der Waals surface area contributed by atoms with Crippen molar-refractivity contribution in [2.24, 2.45) is 85.6 Å². The van der Waals surface area contributed by atoms with Crippen molar-refractivity contribution in [2.75, 3.05) is 185 Å². The van der Waals surface area contributed by atoms with Crippen molar-refractivity contribution in [3.63, 3.8) is 0 Å². The van der Waals surface area contributed by atoms with E-state index in [1.807, 2.05) is 72.8 Å². The maximum atomic E-state index is 9.86. The van der Waals surface area contributed by atoms with E-state index in [1.54, 1.807) is 0 Å². The van der Waals surface area contributed by atoms with Crippen LogP contribution in [0.5, 0.6) is 0 Å². The van der Waals surface area contributed by atoms with Gasteiger partial charge in [-0.1, -0.05) is 156 Å². The fourth-order valence-corrected chi connectivity index (χ4v) is 25.8. The Balaban J connectivity index is 0.000000127. The number of piperidine rings is 5. The van der Waals surface area contributed by atoms with Gasteiger partial charge in [-0.15, -0.1) is 51.0 Å². The molecule has 15 aliphatic rings. The first kappa shape index (κ1) is 111. The number of benzene rings is 6. The Morgan fingerprint density at radius 2 is 0.503 bits per heavy atom. The van der Waals surface area contributed by atoms with Crippen LogP contribution >= 0.6 is 69.6 Å². The molecule has 0 aromatic heterocycles. The molecule has 0 unspecified atom stereocenters. The van der Waals surface area contributed by atoms with Crippen LogP contribution in [-0.2, 0) is 38.5 Å². The van der Waals surface area contributed by atoms with Crippen molar-refractivity contribution in [3.05, 3.63) is 209 Å². The first-order valence-corrected chi connectivity index (χ1v) is 56.9. The van der Waals surface area contributed by atoms with Gasteiger partial charge in [-0.05, 0) is 250 Å². The van der Waals surface area contributed by atoms with Crippen LogP contribution in [0.1, 0.15) is 150 Å². The number of nitrogens with two attached hydrogens (primary N) is 5. The van der Waals surface area contributed by atoms with Gasteiger partial charge in [0, 0.05) is 259 Å². The summed E-state index contributed by atoms with van der Waals surface area (Å²) in [6.45, 7) is 31.8. The molecule has 0 spiro atoms. The summed E-state index contributed by atoms with van der Waals surface area (Å²) in [6.07, 6.45) is 21.3. The summed E-state index contributed by atoms with van der Waals surface area (Å²) in [5.74, 6) is 9.00. The molecule has 0 aliphatic carbocycles. The van der Waals surface area contributed by atoms with E-state index in [0.717, 1.165) is 261 Å². The zero-order chi connectivity index (χ0) is 104. The average molecular weight is 2160 g/mol. The lowest BCUT2D eigenvalue weighted by Crippen LogP contribution is -2.62. The minimum atomic E-state index is 0.196. The number of halogens is 6. The summed E-state index contributed by atoms with van der Waals surface area (Å²) >= 11 is 36.6. The summed E-state index contributed by atoms with van der Waals surface area (Å²) < 4.78 is 0. The zero-order valence-electron chi connectivity index (χ0n) is 88.5. The molecule has 8 atom stereocenters. The number of nitrogens with zero attached hydrogens (tertiary/aromatic N) is 25. The van der Waals surface area contributed by atoms with Crippen LogP contribution in [0.3, 0.4) is 0 Å². The number of aliphatic hydroxyl groups excluding tert-OH is 1. The lowest BCUT2D eigenvalue weighted by molar-refractivity contribution is -0.0166. The van der Waals surface area contributed by atoms with Gasteiger partial charge in [0.2, 0.25) is 0 Å². The number of piperazine rings is 5. The number of hydrogen-bond donors (Lipinski definition) is 6. The van der Waals surface area contributed by atoms with E-state index in [9.17, 15) is 5.11 Å². The highest BCUT2D eigenvalue weighted by Gasteiger charge is 2.44. The van der Waals surface area contributed by atoms with E-state index in [0.29, 0.717) is 140 Å². The maximum Gasteiger partial charge on any atom is 0.135 e. The van der Waals surface area contributed by atoms with E-state index in [2.05, 4.69) is 246 Å². The van der Waals surface area contributed by atoms with E-state index in [-0.39, 0.29) is 12.6 Å². The van der Waals surface area contributed by atoms with Gasteiger partial charge in [0.1, 0.15) is 58.4 Å². The van der Waals surface area contributed by atoms with Crippen LogP contribution in [0.15, 0.2) is 197 Å².